The van der Waals surface area contributed by atoms with Crippen molar-refractivity contribution < 1.29 is 38.4 Å². The fraction of sp³-hybridized carbons (Fsp3) is 0.344. The lowest BCUT2D eigenvalue weighted by Gasteiger charge is -2.37. The van der Waals surface area contributed by atoms with Crippen LogP contribution in [0.15, 0.2) is 62.9 Å². The minimum absolute atomic E-state index is 0.0137. The van der Waals surface area contributed by atoms with Gasteiger partial charge in [-0.1, -0.05) is 0 Å². The molecule has 3 aromatic rings. The molecule has 16 nitrogen and oxygen atoms in total. The number of anilines is 1. The third kappa shape index (κ3) is 6.63. The fourth-order valence-corrected chi connectivity index (χ4v) is 5.85. The van der Waals surface area contributed by atoms with Crippen LogP contribution in [-0.2, 0) is 32.1 Å². The molecule has 3 aliphatic heterocycles. The van der Waals surface area contributed by atoms with Crippen molar-refractivity contribution in [3.63, 3.8) is 0 Å². The number of amides is 2. The van der Waals surface area contributed by atoms with E-state index in [2.05, 4.69) is 25.4 Å². The van der Waals surface area contributed by atoms with Gasteiger partial charge in [0.25, 0.3) is 17.5 Å². The predicted octanol–water partition coefficient (Wildman–Crippen LogP) is 6.13. The summed E-state index contributed by atoms with van der Waals surface area (Å²) in [6, 6.07) is 10.7. The monoisotopic (exact) mass is 657 g/mol. The third-order valence-electron chi connectivity index (χ3n) is 8.07. The van der Waals surface area contributed by atoms with Crippen LogP contribution in [0.4, 0.5) is 34.1 Å². The van der Waals surface area contributed by atoms with Crippen molar-refractivity contribution in [1.82, 2.24) is 5.06 Å². The van der Waals surface area contributed by atoms with Gasteiger partial charge in [-0.05, 0) is 49.4 Å². The van der Waals surface area contributed by atoms with Gasteiger partial charge < -0.3 is 23.9 Å². The van der Waals surface area contributed by atoms with E-state index >= 15 is 0 Å². The van der Waals surface area contributed by atoms with Crippen LogP contribution in [0.25, 0.3) is 0 Å². The van der Waals surface area contributed by atoms with E-state index in [0.29, 0.717) is 51.5 Å². The molecule has 0 saturated carbocycles. The molecule has 1 saturated heterocycles. The minimum atomic E-state index is -0.899. The molecular weight excluding hydrogens is 626 g/mol. The number of aryl methyl sites for hydroxylation is 1. The average molecular weight is 658 g/mol. The first-order chi connectivity index (χ1) is 23.2. The highest BCUT2D eigenvalue weighted by atomic mass is 16.7. The Morgan fingerprint density at radius 3 is 2.06 bits per heavy atom. The molecule has 3 aromatic carbocycles. The number of nitro benzene ring substituents is 1. The van der Waals surface area contributed by atoms with E-state index in [1.165, 1.54) is 38.5 Å². The van der Waals surface area contributed by atoms with Crippen LogP contribution in [-0.4, -0.2) is 61.7 Å². The number of hydrogen-bond donors (Lipinski definition) is 0. The van der Waals surface area contributed by atoms with Crippen molar-refractivity contribution in [2.24, 2.45) is 20.5 Å². The van der Waals surface area contributed by atoms with Crippen LogP contribution in [0, 0.1) is 10.1 Å². The van der Waals surface area contributed by atoms with Crippen LogP contribution < -0.4 is 19.1 Å². The molecule has 0 atom stereocenters. The first-order valence-corrected chi connectivity index (χ1v) is 15.2. The minimum Gasteiger partial charge on any atom is -0.494 e. The van der Waals surface area contributed by atoms with Gasteiger partial charge in [0.15, 0.2) is 12.4 Å². The number of ether oxygens (including phenoxy) is 3. The van der Waals surface area contributed by atoms with Gasteiger partial charge in [0.1, 0.15) is 28.6 Å². The van der Waals surface area contributed by atoms with Gasteiger partial charge in [0, 0.05) is 61.4 Å². The molecule has 48 heavy (non-hydrogen) atoms. The van der Waals surface area contributed by atoms with Gasteiger partial charge in [-0.15, -0.1) is 20.4 Å². The molecule has 0 radical (unpaired) electrons. The topological polar surface area (TPSA) is 187 Å². The molecule has 248 valence electrons. The molecule has 0 N–H and O–H groups in total. The molecule has 3 heterocycles. The lowest BCUT2D eigenvalue weighted by atomic mass is 9.90. The van der Waals surface area contributed by atoms with Crippen molar-refractivity contribution in [3.05, 3.63) is 63.7 Å². The van der Waals surface area contributed by atoms with Gasteiger partial charge in [0.2, 0.25) is 0 Å². The summed E-state index contributed by atoms with van der Waals surface area (Å²) in [5.74, 6) is -1.06. The van der Waals surface area contributed by atoms with Crippen molar-refractivity contribution in [2.45, 2.75) is 38.5 Å². The molecule has 0 spiro atoms. The summed E-state index contributed by atoms with van der Waals surface area (Å²) in [5, 5.41) is 28.8. The maximum atomic E-state index is 12.7. The maximum absolute atomic E-state index is 12.7. The largest absolute Gasteiger partial charge is 0.494 e. The van der Waals surface area contributed by atoms with E-state index in [0.717, 1.165) is 49.2 Å². The van der Waals surface area contributed by atoms with Gasteiger partial charge >= 0.3 is 5.97 Å². The zero-order valence-corrected chi connectivity index (χ0v) is 26.2. The number of non-ortho nitro benzene ring substituents is 1. The highest BCUT2D eigenvalue weighted by molar-refractivity contribution is 6.01. The Morgan fingerprint density at radius 1 is 0.833 bits per heavy atom. The van der Waals surface area contributed by atoms with Crippen LogP contribution in [0.5, 0.6) is 17.2 Å². The molecule has 2 amide bonds. The molecule has 0 aromatic heterocycles. The molecule has 0 bridgehead atoms. The Bertz CT molecular complexity index is 1820. The molecule has 1 fully saturated rings. The number of nitrogens with zero attached hydrogens (tertiary/aromatic N) is 7. The first kappa shape index (κ1) is 32.0. The Balaban J connectivity index is 1.30. The Hall–Kier alpha value is -5.93. The van der Waals surface area contributed by atoms with Gasteiger partial charge in [-0.25, -0.2) is 4.79 Å². The standard InChI is InChI=1S/C32H31N7O9/c1-45-26-17-24(27(46-2)16-23(26)34-33-20-7-9-21(10-8-20)39(43)44)35-36-25-15-19-5-3-13-37-14-4-6-22(31(19)37)32(25)47-18-30(42)48-38-28(40)11-12-29(38)41/h7-10,15-17H,3-6,11-14,18H2,1-2H3. The number of nitro groups is 1. The Morgan fingerprint density at radius 2 is 1.44 bits per heavy atom. The summed E-state index contributed by atoms with van der Waals surface area (Å²) < 4.78 is 17.1. The third-order valence-corrected chi connectivity index (χ3v) is 8.07. The molecular formula is C32H31N7O9. The van der Waals surface area contributed by atoms with Gasteiger partial charge in [-0.3, -0.25) is 19.7 Å². The molecule has 6 rings (SSSR count). The van der Waals surface area contributed by atoms with Crippen LogP contribution in [0.2, 0.25) is 0 Å². The second-order valence-electron chi connectivity index (χ2n) is 11.1. The van der Waals surface area contributed by atoms with Crippen LogP contribution >= 0.6 is 0 Å². The second-order valence-corrected chi connectivity index (χ2v) is 11.1. The predicted molar refractivity (Wildman–Crippen MR) is 169 cm³/mol. The molecule has 3 aliphatic rings. The molecule has 0 aliphatic carbocycles. The van der Waals surface area contributed by atoms with Gasteiger partial charge in [-0.2, -0.15) is 5.11 Å². The summed E-state index contributed by atoms with van der Waals surface area (Å²) in [7, 11) is 2.92. The number of azo groups is 2. The van der Waals surface area contributed by atoms with Crippen LogP contribution in [0.1, 0.15) is 36.8 Å². The van der Waals surface area contributed by atoms with E-state index < -0.39 is 29.3 Å². The smallest absolute Gasteiger partial charge is 0.370 e. The van der Waals surface area contributed by atoms with E-state index in [4.69, 9.17) is 19.0 Å². The van der Waals surface area contributed by atoms with Crippen molar-refractivity contribution in [2.75, 3.05) is 38.8 Å². The lowest BCUT2D eigenvalue weighted by molar-refractivity contribution is -0.384. The summed E-state index contributed by atoms with van der Waals surface area (Å²) >= 11 is 0. The zero-order valence-electron chi connectivity index (χ0n) is 26.2. The number of hydrogen-bond acceptors (Lipinski definition) is 14. The van der Waals surface area contributed by atoms with E-state index in [1.807, 2.05) is 6.07 Å². The van der Waals surface area contributed by atoms with Crippen LogP contribution in [0.3, 0.4) is 0 Å². The number of hydroxylamine groups is 2. The number of carbonyl (C=O) groups excluding carboxylic acids is 3. The average Bonchev–Trinajstić information content (AvgIpc) is 3.41. The van der Waals surface area contributed by atoms with Crippen molar-refractivity contribution in [3.8, 4) is 17.2 Å². The van der Waals surface area contributed by atoms with Gasteiger partial charge in [0.05, 0.1) is 24.8 Å². The summed E-state index contributed by atoms with van der Waals surface area (Å²) in [5.41, 5.74) is 4.43. The lowest BCUT2D eigenvalue weighted by Crippen LogP contribution is -2.35. The number of benzene rings is 3. The van der Waals surface area contributed by atoms with Crippen molar-refractivity contribution in [1.29, 1.82) is 0 Å². The number of rotatable bonds is 11. The highest BCUT2D eigenvalue weighted by Crippen LogP contribution is 2.47. The molecule has 16 heteroatoms. The summed E-state index contributed by atoms with van der Waals surface area (Å²) in [6.45, 7) is 1.26. The zero-order chi connectivity index (χ0) is 33.8. The SMILES string of the molecule is COc1cc(N=Nc2cc3c4c(c2OCC(=O)ON2C(=O)CCC2=O)CCCN4CCC3)c(OC)cc1N=Nc1ccc([N+](=O)[O-])cc1. The fourth-order valence-electron chi connectivity index (χ4n) is 5.85. The second kappa shape index (κ2) is 13.8. The maximum Gasteiger partial charge on any atom is 0.370 e. The normalized spacial score (nSPS) is 15.6. The van der Waals surface area contributed by atoms with E-state index in [9.17, 15) is 24.5 Å². The Labute approximate surface area is 274 Å². The van der Waals surface area contributed by atoms with E-state index in [-0.39, 0.29) is 18.5 Å². The molecule has 0 unspecified atom stereocenters. The summed E-state index contributed by atoms with van der Waals surface area (Å²) in [4.78, 5) is 54.3. The number of imide groups is 1. The van der Waals surface area contributed by atoms with Crippen molar-refractivity contribution >= 4 is 51.9 Å². The van der Waals surface area contributed by atoms with E-state index in [1.54, 1.807) is 12.1 Å². The quantitative estimate of drug-likeness (QED) is 0.100. The highest BCUT2D eigenvalue weighted by Gasteiger charge is 2.34. The number of carbonyl (C=O) groups is 3. The Kier molecular flexibility index (Phi) is 9.22. The number of methoxy groups -OCH3 is 2. The summed E-state index contributed by atoms with van der Waals surface area (Å²) in [6.07, 6.45) is 3.37. The first-order valence-electron chi connectivity index (χ1n) is 15.2.